The highest BCUT2D eigenvalue weighted by atomic mass is 15.1. The minimum Gasteiger partial charge on any atom is -0.310 e. The summed E-state index contributed by atoms with van der Waals surface area (Å²) in [4.78, 5) is 2.41. The summed E-state index contributed by atoms with van der Waals surface area (Å²) in [5.41, 5.74) is 5.86. The van der Waals surface area contributed by atoms with Gasteiger partial charge in [0.2, 0.25) is 0 Å². The van der Waals surface area contributed by atoms with Crippen LogP contribution >= 0.6 is 0 Å². The number of hydrogen-bond donors (Lipinski definition) is 0. The van der Waals surface area contributed by atoms with Crippen LogP contribution in [0.15, 0.2) is 176 Å². The van der Waals surface area contributed by atoms with E-state index in [2.05, 4.69) is 181 Å². The van der Waals surface area contributed by atoms with E-state index in [1.165, 1.54) is 70.7 Å². The SMILES string of the molecule is c1ccc2cc(N(c3ccc(-c4ccc5c(ccc6ccccc65)c4)cc3)c3cc4ccccc4c4ccccc34)ccc2c1. The fraction of sp³-hybridized carbons (Fsp3) is 0. The predicted molar refractivity (Wildman–Crippen MR) is 194 cm³/mol. The van der Waals surface area contributed by atoms with Crippen molar-refractivity contribution in [1.82, 2.24) is 0 Å². The summed E-state index contributed by atoms with van der Waals surface area (Å²) in [7, 11) is 0. The van der Waals surface area contributed by atoms with E-state index >= 15 is 0 Å². The van der Waals surface area contributed by atoms with Gasteiger partial charge in [0.15, 0.2) is 0 Å². The zero-order chi connectivity index (χ0) is 29.7. The Labute approximate surface area is 262 Å². The van der Waals surface area contributed by atoms with Crippen LogP contribution in [0.4, 0.5) is 17.1 Å². The maximum atomic E-state index is 2.41. The van der Waals surface area contributed by atoms with Crippen molar-refractivity contribution in [2.24, 2.45) is 0 Å². The first kappa shape index (κ1) is 25.6. The van der Waals surface area contributed by atoms with Crippen LogP contribution in [-0.4, -0.2) is 0 Å². The monoisotopic (exact) mass is 571 g/mol. The maximum absolute atomic E-state index is 2.41. The lowest BCUT2D eigenvalue weighted by atomic mass is 9.97. The summed E-state index contributed by atoms with van der Waals surface area (Å²) in [6.45, 7) is 0. The minimum absolute atomic E-state index is 1.13. The minimum atomic E-state index is 1.13. The van der Waals surface area contributed by atoms with Crippen molar-refractivity contribution < 1.29 is 0 Å². The molecule has 0 atom stereocenters. The van der Waals surface area contributed by atoms with Gasteiger partial charge in [-0.3, -0.25) is 0 Å². The first-order valence-corrected chi connectivity index (χ1v) is 15.5. The van der Waals surface area contributed by atoms with Gasteiger partial charge < -0.3 is 4.90 Å². The molecular formula is C44H29N. The van der Waals surface area contributed by atoms with Crippen LogP contribution in [0.3, 0.4) is 0 Å². The van der Waals surface area contributed by atoms with Gasteiger partial charge in [0.05, 0.1) is 5.69 Å². The molecule has 0 aliphatic heterocycles. The lowest BCUT2D eigenvalue weighted by Gasteiger charge is -2.28. The van der Waals surface area contributed by atoms with E-state index in [4.69, 9.17) is 0 Å². The molecule has 0 aromatic heterocycles. The second-order valence-electron chi connectivity index (χ2n) is 11.8. The lowest BCUT2D eigenvalue weighted by molar-refractivity contribution is 1.31. The molecular weight excluding hydrogens is 542 g/mol. The molecule has 45 heavy (non-hydrogen) atoms. The molecule has 9 aromatic rings. The highest BCUT2D eigenvalue weighted by Crippen LogP contribution is 2.43. The van der Waals surface area contributed by atoms with Crippen molar-refractivity contribution >= 4 is 70.9 Å². The topological polar surface area (TPSA) is 3.24 Å². The largest absolute Gasteiger partial charge is 0.310 e. The normalized spacial score (nSPS) is 11.6. The zero-order valence-electron chi connectivity index (χ0n) is 24.7. The molecule has 0 aliphatic carbocycles. The Hall–Kier alpha value is -5.92. The number of nitrogens with zero attached hydrogens (tertiary/aromatic N) is 1. The van der Waals surface area contributed by atoms with E-state index in [0.717, 1.165) is 11.4 Å². The molecule has 0 unspecified atom stereocenters. The first-order chi connectivity index (χ1) is 22.3. The second-order valence-corrected chi connectivity index (χ2v) is 11.8. The van der Waals surface area contributed by atoms with Crippen LogP contribution in [0.2, 0.25) is 0 Å². The Morgan fingerprint density at radius 1 is 0.267 bits per heavy atom. The van der Waals surface area contributed by atoms with E-state index in [1.54, 1.807) is 0 Å². The van der Waals surface area contributed by atoms with Crippen LogP contribution in [0, 0.1) is 0 Å². The standard InChI is InChI=1S/C44H29N/c1-2-11-33-28-38(25-21-30(33)9-1)45(44-29-35-12-4-6-14-40(35)42-15-7-8-16-43(42)44)37-23-19-31(20-24-37)34-22-26-41-36(27-34)18-17-32-10-3-5-13-39(32)41/h1-29H. The van der Waals surface area contributed by atoms with Crippen LogP contribution in [-0.2, 0) is 0 Å². The van der Waals surface area contributed by atoms with Gasteiger partial charge in [-0.05, 0) is 96.0 Å². The van der Waals surface area contributed by atoms with Crippen molar-refractivity contribution in [2.45, 2.75) is 0 Å². The molecule has 0 bridgehead atoms. The van der Waals surface area contributed by atoms with Crippen LogP contribution < -0.4 is 4.90 Å². The molecule has 210 valence electrons. The third kappa shape index (κ3) is 4.32. The van der Waals surface area contributed by atoms with Gasteiger partial charge in [0.25, 0.3) is 0 Å². The average Bonchev–Trinajstić information content (AvgIpc) is 3.12. The fourth-order valence-corrected chi connectivity index (χ4v) is 6.96. The summed E-state index contributed by atoms with van der Waals surface area (Å²) in [5, 5.41) is 12.6. The third-order valence-corrected chi connectivity index (χ3v) is 9.18. The Bertz CT molecular complexity index is 2540. The predicted octanol–water partition coefficient (Wildman–Crippen LogP) is 12.6. The first-order valence-electron chi connectivity index (χ1n) is 15.5. The Morgan fingerprint density at radius 2 is 0.778 bits per heavy atom. The Balaban J connectivity index is 1.21. The quantitative estimate of drug-likeness (QED) is 0.190. The molecule has 0 N–H and O–H groups in total. The molecule has 0 radical (unpaired) electrons. The second kappa shape index (κ2) is 10.4. The molecule has 1 nitrogen and oxygen atoms in total. The molecule has 0 saturated carbocycles. The molecule has 0 fully saturated rings. The van der Waals surface area contributed by atoms with E-state index in [-0.39, 0.29) is 0 Å². The highest BCUT2D eigenvalue weighted by molar-refractivity contribution is 6.15. The maximum Gasteiger partial charge on any atom is 0.0546 e. The highest BCUT2D eigenvalue weighted by Gasteiger charge is 2.18. The van der Waals surface area contributed by atoms with Gasteiger partial charge in [-0.1, -0.05) is 140 Å². The number of anilines is 3. The van der Waals surface area contributed by atoms with Crippen LogP contribution in [0.25, 0.3) is 65.0 Å². The molecule has 9 rings (SSSR count). The number of benzene rings is 9. The van der Waals surface area contributed by atoms with Gasteiger partial charge in [0.1, 0.15) is 0 Å². The van der Waals surface area contributed by atoms with E-state index in [0.29, 0.717) is 0 Å². The van der Waals surface area contributed by atoms with E-state index in [1.807, 2.05) is 0 Å². The summed E-state index contributed by atoms with van der Waals surface area (Å²) < 4.78 is 0. The van der Waals surface area contributed by atoms with Crippen LogP contribution in [0.5, 0.6) is 0 Å². The molecule has 0 amide bonds. The number of fused-ring (bicyclic) bond motifs is 7. The van der Waals surface area contributed by atoms with Gasteiger partial charge in [-0.25, -0.2) is 0 Å². The lowest BCUT2D eigenvalue weighted by Crippen LogP contribution is -2.10. The average molecular weight is 572 g/mol. The summed E-state index contributed by atoms with van der Waals surface area (Å²) >= 11 is 0. The molecule has 0 saturated heterocycles. The van der Waals surface area contributed by atoms with Gasteiger partial charge in [-0.2, -0.15) is 0 Å². The van der Waals surface area contributed by atoms with Crippen molar-refractivity contribution in [3.63, 3.8) is 0 Å². The number of rotatable bonds is 4. The number of hydrogen-bond acceptors (Lipinski definition) is 1. The van der Waals surface area contributed by atoms with Crippen molar-refractivity contribution in [1.29, 1.82) is 0 Å². The molecule has 9 aromatic carbocycles. The summed E-state index contributed by atoms with van der Waals surface area (Å²) in [6, 6.07) is 64.1. The van der Waals surface area contributed by atoms with E-state index in [9.17, 15) is 0 Å². The molecule has 1 heteroatoms. The summed E-state index contributed by atoms with van der Waals surface area (Å²) in [5.74, 6) is 0. The van der Waals surface area contributed by atoms with Crippen molar-refractivity contribution in [2.75, 3.05) is 4.90 Å². The Kier molecular flexibility index (Phi) is 5.89. The van der Waals surface area contributed by atoms with Gasteiger partial charge >= 0.3 is 0 Å². The summed E-state index contributed by atoms with van der Waals surface area (Å²) in [6.07, 6.45) is 0. The smallest absolute Gasteiger partial charge is 0.0546 e. The van der Waals surface area contributed by atoms with Gasteiger partial charge in [0, 0.05) is 16.8 Å². The molecule has 0 aliphatic rings. The molecule has 0 spiro atoms. The zero-order valence-corrected chi connectivity index (χ0v) is 24.7. The van der Waals surface area contributed by atoms with Crippen molar-refractivity contribution in [3.8, 4) is 11.1 Å². The van der Waals surface area contributed by atoms with E-state index < -0.39 is 0 Å². The third-order valence-electron chi connectivity index (χ3n) is 9.18. The fourth-order valence-electron chi connectivity index (χ4n) is 6.96. The Morgan fingerprint density at radius 3 is 1.58 bits per heavy atom. The van der Waals surface area contributed by atoms with Crippen molar-refractivity contribution in [3.05, 3.63) is 176 Å². The van der Waals surface area contributed by atoms with Gasteiger partial charge in [-0.15, -0.1) is 0 Å². The van der Waals surface area contributed by atoms with Crippen LogP contribution in [0.1, 0.15) is 0 Å². The molecule has 0 heterocycles.